The van der Waals surface area contributed by atoms with Gasteiger partial charge in [0.25, 0.3) is 0 Å². The minimum atomic E-state index is 0.788. The standard InChI is InChI=1S/C9H11BrO/c1-11-6-5-8-3-2-4-9(10)7-8/h2-4,7H,5-6H2,1H3. The molecule has 60 valence electrons. The lowest BCUT2D eigenvalue weighted by Crippen LogP contribution is -1.93. The van der Waals surface area contributed by atoms with Gasteiger partial charge >= 0.3 is 0 Å². The molecule has 1 aromatic carbocycles. The van der Waals surface area contributed by atoms with Crippen LogP contribution in [0.25, 0.3) is 0 Å². The lowest BCUT2D eigenvalue weighted by Gasteiger charge is -1.99. The summed E-state index contributed by atoms with van der Waals surface area (Å²) in [4.78, 5) is 0. The van der Waals surface area contributed by atoms with Crippen molar-refractivity contribution in [1.82, 2.24) is 0 Å². The second-order valence-corrected chi connectivity index (χ2v) is 3.29. The van der Waals surface area contributed by atoms with E-state index in [2.05, 4.69) is 28.1 Å². The minimum Gasteiger partial charge on any atom is -0.384 e. The molecular weight excluding hydrogens is 204 g/mol. The lowest BCUT2D eigenvalue weighted by atomic mass is 10.2. The Hall–Kier alpha value is -0.340. The fourth-order valence-electron chi connectivity index (χ4n) is 0.912. The number of hydrogen-bond donors (Lipinski definition) is 0. The first-order chi connectivity index (χ1) is 5.33. The summed E-state index contributed by atoms with van der Waals surface area (Å²) in [5, 5.41) is 0. The van der Waals surface area contributed by atoms with Crippen molar-refractivity contribution in [3.8, 4) is 0 Å². The molecule has 0 saturated carbocycles. The molecule has 0 spiro atoms. The maximum Gasteiger partial charge on any atom is 0.0502 e. The Morgan fingerprint density at radius 2 is 2.27 bits per heavy atom. The van der Waals surface area contributed by atoms with E-state index in [4.69, 9.17) is 4.74 Å². The minimum absolute atomic E-state index is 0.788. The summed E-state index contributed by atoms with van der Waals surface area (Å²) in [5.41, 5.74) is 1.31. The third kappa shape index (κ3) is 3.04. The van der Waals surface area contributed by atoms with E-state index in [1.807, 2.05) is 12.1 Å². The molecule has 0 aliphatic carbocycles. The normalized spacial score (nSPS) is 10.0. The van der Waals surface area contributed by atoms with Crippen molar-refractivity contribution >= 4 is 15.9 Å². The fraction of sp³-hybridized carbons (Fsp3) is 0.333. The van der Waals surface area contributed by atoms with Gasteiger partial charge in [-0.2, -0.15) is 0 Å². The van der Waals surface area contributed by atoms with Crippen LogP contribution < -0.4 is 0 Å². The Morgan fingerprint density at radius 3 is 2.91 bits per heavy atom. The number of hydrogen-bond acceptors (Lipinski definition) is 1. The molecule has 0 N–H and O–H groups in total. The molecule has 0 atom stereocenters. The molecule has 0 radical (unpaired) electrons. The molecule has 0 saturated heterocycles. The SMILES string of the molecule is COCCc1cccc(Br)c1. The zero-order chi connectivity index (χ0) is 8.10. The number of benzene rings is 1. The van der Waals surface area contributed by atoms with Crippen LogP contribution in [0.2, 0.25) is 0 Å². The monoisotopic (exact) mass is 214 g/mol. The van der Waals surface area contributed by atoms with Crippen LogP contribution in [-0.4, -0.2) is 13.7 Å². The molecular formula is C9H11BrO. The average molecular weight is 215 g/mol. The highest BCUT2D eigenvalue weighted by Crippen LogP contribution is 2.11. The van der Waals surface area contributed by atoms with Crippen molar-refractivity contribution in [2.75, 3.05) is 13.7 Å². The highest BCUT2D eigenvalue weighted by molar-refractivity contribution is 9.10. The molecule has 0 fully saturated rings. The summed E-state index contributed by atoms with van der Waals surface area (Å²) in [6.07, 6.45) is 0.982. The van der Waals surface area contributed by atoms with Crippen molar-refractivity contribution in [2.24, 2.45) is 0 Å². The van der Waals surface area contributed by atoms with Crippen LogP contribution in [-0.2, 0) is 11.2 Å². The summed E-state index contributed by atoms with van der Waals surface area (Å²) in [7, 11) is 1.72. The van der Waals surface area contributed by atoms with Gasteiger partial charge in [-0.15, -0.1) is 0 Å². The first-order valence-electron chi connectivity index (χ1n) is 3.56. The molecule has 0 aliphatic rings. The number of ether oxygens (including phenoxy) is 1. The van der Waals surface area contributed by atoms with E-state index < -0.39 is 0 Å². The van der Waals surface area contributed by atoms with Crippen molar-refractivity contribution in [3.63, 3.8) is 0 Å². The van der Waals surface area contributed by atoms with Gasteiger partial charge in [-0.3, -0.25) is 0 Å². The summed E-state index contributed by atoms with van der Waals surface area (Å²) in [6, 6.07) is 8.27. The van der Waals surface area contributed by atoms with Crippen LogP contribution >= 0.6 is 15.9 Å². The highest BCUT2D eigenvalue weighted by Gasteiger charge is 1.92. The molecule has 0 aromatic heterocycles. The van der Waals surface area contributed by atoms with E-state index in [1.54, 1.807) is 7.11 Å². The summed E-state index contributed by atoms with van der Waals surface area (Å²) >= 11 is 3.41. The molecule has 1 nitrogen and oxygen atoms in total. The molecule has 1 rings (SSSR count). The topological polar surface area (TPSA) is 9.23 Å². The Labute approximate surface area is 75.5 Å². The van der Waals surface area contributed by atoms with Crippen LogP contribution in [0.1, 0.15) is 5.56 Å². The van der Waals surface area contributed by atoms with Gasteiger partial charge in [-0.1, -0.05) is 28.1 Å². The molecule has 0 aliphatic heterocycles. The van der Waals surface area contributed by atoms with Gasteiger partial charge in [0, 0.05) is 11.6 Å². The third-order valence-corrected chi connectivity index (χ3v) is 1.98. The van der Waals surface area contributed by atoms with Crippen molar-refractivity contribution < 1.29 is 4.74 Å². The number of rotatable bonds is 3. The molecule has 0 bridgehead atoms. The van der Waals surface area contributed by atoms with Gasteiger partial charge in [0.15, 0.2) is 0 Å². The van der Waals surface area contributed by atoms with E-state index in [0.717, 1.165) is 17.5 Å². The van der Waals surface area contributed by atoms with E-state index in [9.17, 15) is 0 Å². The zero-order valence-corrected chi connectivity index (χ0v) is 8.10. The van der Waals surface area contributed by atoms with Gasteiger partial charge in [0.05, 0.1) is 6.61 Å². The summed E-state index contributed by atoms with van der Waals surface area (Å²) in [6.45, 7) is 0.788. The lowest BCUT2D eigenvalue weighted by molar-refractivity contribution is 0.202. The van der Waals surface area contributed by atoms with Gasteiger partial charge in [0.2, 0.25) is 0 Å². The summed E-state index contributed by atoms with van der Waals surface area (Å²) in [5.74, 6) is 0. The highest BCUT2D eigenvalue weighted by atomic mass is 79.9. The van der Waals surface area contributed by atoms with E-state index in [0.29, 0.717) is 0 Å². The molecule has 0 heterocycles. The van der Waals surface area contributed by atoms with Crippen molar-refractivity contribution in [1.29, 1.82) is 0 Å². The number of methoxy groups -OCH3 is 1. The Bertz CT molecular complexity index is 223. The predicted molar refractivity (Wildman–Crippen MR) is 49.7 cm³/mol. The maximum atomic E-state index is 4.97. The summed E-state index contributed by atoms with van der Waals surface area (Å²) < 4.78 is 6.10. The van der Waals surface area contributed by atoms with E-state index in [1.165, 1.54) is 5.56 Å². The first kappa shape index (κ1) is 8.75. The zero-order valence-electron chi connectivity index (χ0n) is 6.51. The van der Waals surface area contributed by atoms with Crippen LogP contribution in [0.5, 0.6) is 0 Å². The second kappa shape index (κ2) is 4.52. The third-order valence-electron chi connectivity index (χ3n) is 1.48. The van der Waals surface area contributed by atoms with Crippen LogP contribution in [0.4, 0.5) is 0 Å². The molecule has 11 heavy (non-hydrogen) atoms. The van der Waals surface area contributed by atoms with Crippen LogP contribution in [0.3, 0.4) is 0 Å². The molecule has 0 amide bonds. The van der Waals surface area contributed by atoms with E-state index in [-0.39, 0.29) is 0 Å². The Balaban J connectivity index is 2.56. The Kier molecular flexibility index (Phi) is 3.60. The quantitative estimate of drug-likeness (QED) is 0.753. The number of halogens is 1. The van der Waals surface area contributed by atoms with Crippen LogP contribution in [0, 0.1) is 0 Å². The predicted octanol–water partition coefficient (Wildman–Crippen LogP) is 2.64. The van der Waals surface area contributed by atoms with Gasteiger partial charge in [0.1, 0.15) is 0 Å². The first-order valence-corrected chi connectivity index (χ1v) is 4.35. The smallest absolute Gasteiger partial charge is 0.0502 e. The van der Waals surface area contributed by atoms with Gasteiger partial charge in [-0.25, -0.2) is 0 Å². The largest absolute Gasteiger partial charge is 0.384 e. The second-order valence-electron chi connectivity index (χ2n) is 2.37. The maximum absolute atomic E-state index is 4.97. The molecule has 1 aromatic rings. The van der Waals surface area contributed by atoms with Crippen LogP contribution in [0.15, 0.2) is 28.7 Å². The average Bonchev–Trinajstić information content (AvgIpc) is 2.01. The van der Waals surface area contributed by atoms with Crippen molar-refractivity contribution in [3.05, 3.63) is 34.3 Å². The van der Waals surface area contributed by atoms with Crippen molar-refractivity contribution in [2.45, 2.75) is 6.42 Å². The molecule has 2 heteroatoms. The fourth-order valence-corrected chi connectivity index (χ4v) is 1.36. The van der Waals surface area contributed by atoms with E-state index >= 15 is 0 Å². The molecule has 0 unspecified atom stereocenters. The Morgan fingerprint density at radius 1 is 1.45 bits per heavy atom. The van der Waals surface area contributed by atoms with Gasteiger partial charge in [-0.05, 0) is 24.1 Å². The van der Waals surface area contributed by atoms with Gasteiger partial charge < -0.3 is 4.74 Å².